The Bertz CT molecular complexity index is 511. The molecule has 0 atom stereocenters. The molecule has 0 bridgehead atoms. The topological polar surface area (TPSA) is 48.1 Å². The van der Waals surface area contributed by atoms with E-state index in [1.165, 1.54) is 11.1 Å². The zero-order valence-electron chi connectivity index (χ0n) is 11.3. The smallest absolute Gasteiger partial charge is 0.0465 e. The van der Waals surface area contributed by atoms with Crippen molar-refractivity contribution >= 4 is 0 Å². The number of hydrogen-bond acceptors (Lipinski definition) is 3. The molecule has 0 aliphatic carbocycles. The summed E-state index contributed by atoms with van der Waals surface area (Å²) in [7, 11) is 1.73. The first-order valence-electron chi connectivity index (χ1n) is 6.55. The molecule has 2 aromatic rings. The van der Waals surface area contributed by atoms with Crippen molar-refractivity contribution in [1.29, 1.82) is 0 Å². The van der Waals surface area contributed by atoms with E-state index in [1.54, 1.807) is 13.3 Å². The second kappa shape index (κ2) is 7.02. The summed E-state index contributed by atoms with van der Waals surface area (Å²) >= 11 is 0. The number of aryl methyl sites for hydroxylation is 1. The van der Waals surface area contributed by atoms with Gasteiger partial charge in [-0.3, -0.25) is 4.98 Å². The molecule has 0 fully saturated rings. The number of ether oxygens (including phenoxy) is 1. The Morgan fingerprint density at radius 1 is 1.16 bits per heavy atom. The third-order valence-electron chi connectivity index (χ3n) is 3.10. The normalized spacial score (nSPS) is 10.6. The molecule has 0 saturated carbocycles. The van der Waals surface area contributed by atoms with Crippen LogP contribution in [0.2, 0.25) is 0 Å². The monoisotopic (exact) mass is 256 g/mol. The molecule has 0 saturated heterocycles. The van der Waals surface area contributed by atoms with Crippen LogP contribution in [0.1, 0.15) is 17.5 Å². The molecule has 3 nitrogen and oxygen atoms in total. The highest BCUT2D eigenvalue weighted by atomic mass is 16.5. The minimum absolute atomic E-state index is 0.561. The van der Waals surface area contributed by atoms with Crippen molar-refractivity contribution in [3.8, 4) is 11.1 Å². The zero-order chi connectivity index (χ0) is 13.5. The molecule has 100 valence electrons. The third kappa shape index (κ3) is 3.88. The molecule has 1 aromatic heterocycles. The Kier molecular flexibility index (Phi) is 5.07. The van der Waals surface area contributed by atoms with E-state index in [2.05, 4.69) is 29.2 Å². The van der Waals surface area contributed by atoms with Gasteiger partial charge in [0.1, 0.15) is 0 Å². The van der Waals surface area contributed by atoms with Crippen LogP contribution in [0, 0.1) is 0 Å². The van der Waals surface area contributed by atoms with E-state index >= 15 is 0 Å². The third-order valence-corrected chi connectivity index (χ3v) is 3.10. The van der Waals surface area contributed by atoms with Crippen molar-refractivity contribution < 1.29 is 4.74 Å². The average molecular weight is 256 g/mol. The van der Waals surface area contributed by atoms with Gasteiger partial charge in [0.15, 0.2) is 0 Å². The van der Waals surface area contributed by atoms with Crippen LogP contribution in [0.25, 0.3) is 11.1 Å². The lowest BCUT2D eigenvalue weighted by Gasteiger charge is -2.09. The molecule has 3 heteroatoms. The Hall–Kier alpha value is -1.71. The highest BCUT2D eigenvalue weighted by Gasteiger charge is 2.03. The predicted octanol–water partition coefficient (Wildman–Crippen LogP) is 2.79. The van der Waals surface area contributed by atoms with E-state index in [9.17, 15) is 0 Å². The molecular formula is C16H20N2O. The SMILES string of the molecule is COCCCc1cc(CN)cc(-c2cccnc2)c1. The highest BCUT2D eigenvalue weighted by molar-refractivity contribution is 5.64. The van der Waals surface area contributed by atoms with E-state index in [4.69, 9.17) is 10.5 Å². The van der Waals surface area contributed by atoms with Crippen molar-refractivity contribution in [3.05, 3.63) is 53.9 Å². The van der Waals surface area contributed by atoms with Gasteiger partial charge in [0.2, 0.25) is 0 Å². The lowest BCUT2D eigenvalue weighted by Crippen LogP contribution is -2.00. The largest absolute Gasteiger partial charge is 0.385 e. The van der Waals surface area contributed by atoms with E-state index in [1.807, 2.05) is 12.3 Å². The van der Waals surface area contributed by atoms with Gasteiger partial charge >= 0.3 is 0 Å². The first kappa shape index (κ1) is 13.7. The Balaban J connectivity index is 2.26. The van der Waals surface area contributed by atoms with Crippen molar-refractivity contribution in [2.75, 3.05) is 13.7 Å². The number of hydrogen-bond donors (Lipinski definition) is 1. The van der Waals surface area contributed by atoms with E-state index in [0.717, 1.165) is 30.6 Å². The summed E-state index contributed by atoms with van der Waals surface area (Å²) in [6.07, 6.45) is 5.70. The van der Waals surface area contributed by atoms with E-state index < -0.39 is 0 Å². The van der Waals surface area contributed by atoms with Crippen LogP contribution in [0.15, 0.2) is 42.7 Å². The maximum atomic E-state index is 5.78. The molecule has 0 unspecified atom stereocenters. The summed E-state index contributed by atoms with van der Waals surface area (Å²) < 4.78 is 5.10. The van der Waals surface area contributed by atoms with Crippen molar-refractivity contribution in [2.45, 2.75) is 19.4 Å². The summed E-state index contributed by atoms with van der Waals surface area (Å²) in [6.45, 7) is 1.35. The number of nitrogens with two attached hydrogens (primary N) is 1. The van der Waals surface area contributed by atoms with Crippen LogP contribution in [0.4, 0.5) is 0 Å². The Labute approximate surface area is 114 Å². The fourth-order valence-electron chi connectivity index (χ4n) is 2.15. The number of benzene rings is 1. The Morgan fingerprint density at radius 2 is 2.00 bits per heavy atom. The van der Waals surface area contributed by atoms with Gasteiger partial charge in [0.05, 0.1) is 0 Å². The second-order valence-corrected chi connectivity index (χ2v) is 4.58. The fraction of sp³-hybridized carbons (Fsp3) is 0.312. The van der Waals surface area contributed by atoms with Crippen molar-refractivity contribution in [3.63, 3.8) is 0 Å². The van der Waals surface area contributed by atoms with Crippen molar-refractivity contribution in [1.82, 2.24) is 4.98 Å². The molecule has 1 heterocycles. The fourth-order valence-corrected chi connectivity index (χ4v) is 2.15. The second-order valence-electron chi connectivity index (χ2n) is 4.58. The van der Waals surface area contributed by atoms with Crippen LogP contribution < -0.4 is 5.73 Å². The summed E-state index contributed by atoms with van der Waals surface area (Å²) in [5.41, 5.74) is 10.6. The number of methoxy groups -OCH3 is 1. The number of aromatic nitrogens is 1. The molecule has 0 amide bonds. The summed E-state index contributed by atoms with van der Waals surface area (Å²) in [4.78, 5) is 4.17. The standard InChI is InChI=1S/C16H20N2O/c1-19-7-3-4-13-8-14(11-17)10-16(9-13)15-5-2-6-18-12-15/h2,5-6,8-10,12H,3-4,7,11,17H2,1H3. The van der Waals surface area contributed by atoms with Crippen LogP contribution in [-0.4, -0.2) is 18.7 Å². The van der Waals surface area contributed by atoms with Gasteiger partial charge in [-0.2, -0.15) is 0 Å². The highest BCUT2D eigenvalue weighted by Crippen LogP contribution is 2.22. The quantitative estimate of drug-likeness (QED) is 0.808. The number of pyridine rings is 1. The van der Waals surface area contributed by atoms with Gasteiger partial charge in [-0.05, 0) is 41.7 Å². The minimum Gasteiger partial charge on any atom is -0.385 e. The molecular weight excluding hydrogens is 236 g/mol. The molecule has 19 heavy (non-hydrogen) atoms. The lowest BCUT2D eigenvalue weighted by atomic mass is 9.98. The minimum atomic E-state index is 0.561. The van der Waals surface area contributed by atoms with Crippen LogP contribution in [-0.2, 0) is 17.7 Å². The maximum Gasteiger partial charge on any atom is 0.0465 e. The van der Waals surface area contributed by atoms with Gasteiger partial charge in [0.25, 0.3) is 0 Å². The molecule has 2 N–H and O–H groups in total. The van der Waals surface area contributed by atoms with Crippen LogP contribution >= 0.6 is 0 Å². The summed E-state index contributed by atoms with van der Waals surface area (Å²) in [5, 5.41) is 0. The van der Waals surface area contributed by atoms with Gasteiger partial charge in [-0.1, -0.05) is 18.2 Å². The average Bonchev–Trinajstić information content (AvgIpc) is 2.48. The first-order chi connectivity index (χ1) is 9.33. The van der Waals surface area contributed by atoms with Crippen LogP contribution in [0.5, 0.6) is 0 Å². The van der Waals surface area contributed by atoms with Gasteiger partial charge in [-0.15, -0.1) is 0 Å². The van der Waals surface area contributed by atoms with E-state index in [0.29, 0.717) is 6.54 Å². The lowest BCUT2D eigenvalue weighted by molar-refractivity contribution is 0.195. The molecule has 1 aromatic carbocycles. The maximum absolute atomic E-state index is 5.78. The summed E-state index contributed by atoms with van der Waals surface area (Å²) in [5.74, 6) is 0. The van der Waals surface area contributed by atoms with Gasteiger partial charge in [0, 0.05) is 38.2 Å². The molecule has 0 aliphatic heterocycles. The Morgan fingerprint density at radius 3 is 2.68 bits per heavy atom. The molecule has 2 rings (SSSR count). The molecule has 0 spiro atoms. The first-order valence-corrected chi connectivity index (χ1v) is 6.55. The number of nitrogens with zero attached hydrogens (tertiary/aromatic N) is 1. The number of rotatable bonds is 6. The van der Waals surface area contributed by atoms with Gasteiger partial charge < -0.3 is 10.5 Å². The predicted molar refractivity (Wildman–Crippen MR) is 77.8 cm³/mol. The van der Waals surface area contributed by atoms with Gasteiger partial charge in [-0.25, -0.2) is 0 Å². The molecule has 0 radical (unpaired) electrons. The van der Waals surface area contributed by atoms with Crippen molar-refractivity contribution in [2.24, 2.45) is 5.73 Å². The van der Waals surface area contributed by atoms with Crippen LogP contribution in [0.3, 0.4) is 0 Å². The molecule has 0 aliphatic rings. The van der Waals surface area contributed by atoms with E-state index in [-0.39, 0.29) is 0 Å². The zero-order valence-corrected chi connectivity index (χ0v) is 11.3. The summed E-state index contributed by atoms with van der Waals surface area (Å²) in [6, 6.07) is 10.6.